The Bertz CT molecular complexity index is 661. The maximum absolute atomic E-state index is 11.2. The van der Waals surface area contributed by atoms with Crippen molar-refractivity contribution in [1.29, 1.82) is 0 Å². The summed E-state index contributed by atoms with van der Waals surface area (Å²) in [4.78, 5) is 11.2. The lowest BCUT2D eigenvalue weighted by Gasteiger charge is -2.14. The summed E-state index contributed by atoms with van der Waals surface area (Å²) in [5, 5.41) is 0. The van der Waals surface area contributed by atoms with E-state index in [2.05, 4.69) is 15.9 Å². The number of amides is 1. The van der Waals surface area contributed by atoms with Crippen LogP contribution >= 0.6 is 15.9 Å². The van der Waals surface area contributed by atoms with Gasteiger partial charge in [0.05, 0.1) is 5.69 Å². The second-order valence-corrected chi connectivity index (χ2v) is 5.50. The molecule has 2 aromatic rings. The summed E-state index contributed by atoms with van der Waals surface area (Å²) < 4.78 is 6.76. The first-order valence-electron chi connectivity index (χ1n) is 6.02. The van der Waals surface area contributed by atoms with Crippen LogP contribution in [0.4, 0.5) is 5.69 Å². The third-order valence-corrected chi connectivity index (χ3v) is 3.43. The van der Waals surface area contributed by atoms with E-state index in [4.69, 9.17) is 16.2 Å². The van der Waals surface area contributed by atoms with Crippen LogP contribution in [0.15, 0.2) is 34.8 Å². The minimum absolute atomic E-state index is 0.454. The molecular weight excluding hydrogens is 320 g/mol. The fraction of sp³-hybridized carbons (Fsp3) is 0.133. The highest BCUT2D eigenvalue weighted by Gasteiger charge is 2.12. The first kappa shape index (κ1) is 14.4. The van der Waals surface area contributed by atoms with Crippen molar-refractivity contribution < 1.29 is 9.53 Å². The molecule has 4 nitrogen and oxygen atoms in total. The fourth-order valence-electron chi connectivity index (χ4n) is 1.96. The number of hydrogen-bond donors (Lipinski definition) is 2. The maximum Gasteiger partial charge on any atom is 0.248 e. The Kier molecular flexibility index (Phi) is 3.99. The van der Waals surface area contributed by atoms with Crippen LogP contribution in [0.25, 0.3) is 0 Å². The highest BCUT2D eigenvalue weighted by molar-refractivity contribution is 9.10. The molecule has 0 aromatic heterocycles. The Morgan fingerprint density at radius 1 is 1.15 bits per heavy atom. The zero-order valence-electron chi connectivity index (χ0n) is 11.2. The molecule has 0 radical (unpaired) electrons. The van der Waals surface area contributed by atoms with Gasteiger partial charge in [-0.25, -0.2) is 0 Å². The number of hydrogen-bond acceptors (Lipinski definition) is 3. The highest BCUT2D eigenvalue weighted by Crippen LogP contribution is 2.34. The lowest BCUT2D eigenvalue weighted by atomic mass is 10.1. The molecule has 2 rings (SSSR count). The van der Waals surface area contributed by atoms with Gasteiger partial charge < -0.3 is 16.2 Å². The van der Waals surface area contributed by atoms with Gasteiger partial charge in [-0.1, -0.05) is 15.9 Å². The quantitative estimate of drug-likeness (QED) is 0.842. The average Bonchev–Trinajstić information content (AvgIpc) is 2.37. The van der Waals surface area contributed by atoms with Crippen molar-refractivity contribution in [3.8, 4) is 11.5 Å². The van der Waals surface area contributed by atoms with Gasteiger partial charge in [-0.3, -0.25) is 4.79 Å². The number of primary amides is 1. The van der Waals surface area contributed by atoms with E-state index in [1.165, 1.54) is 0 Å². The molecule has 0 bridgehead atoms. The molecule has 0 heterocycles. The van der Waals surface area contributed by atoms with E-state index in [0.717, 1.165) is 15.6 Å². The van der Waals surface area contributed by atoms with E-state index in [-0.39, 0.29) is 0 Å². The fourth-order valence-corrected chi connectivity index (χ4v) is 2.30. The van der Waals surface area contributed by atoms with Crippen molar-refractivity contribution in [3.63, 3.8) is 0 Å². The van der Waals surface area contributed by atoms with E-state index in [0.29, 0.717) is 22.7 Å². The van der Waals surface area contributed by atoms with Gasteiger partial charge in [0.15, 0.2) is 5.75 Å². The molecule has 0 spiro atoms. The summed E-state index contributed by atoms with van der Waals surface area (Å²) >= 11 is 3.38. The van der Waals surface area contributed by atoms with Crippen molar-refractivity contribution in [1.82, 2.24) is 0 Å². The normalized spacial score (nSPS) is 10.3. The number of rotatable bonds is 3. The molecule has 2 aromatic carbocycles. The number of carbonyl (C=O) groups excluding carboxylic acids is 1. The topological polar surface area (TPSA) is 78.3 Å². The van der Waals surface area contributed by atoms with Crippen molar-refractivity contribution in [3.05, 3.63) is 51.5 Å². The predicted molar refractivity (Wildman–Crippen MR) is 83.1 cm³/mol. The Balaban J connectivity index is 2.44. The number of halogens is 1. The van der Waals surface area contributed by atoms with Gasteiger partial charge in [0, 0.05) is 10.0 Å². The van der Waals surface area contributed by atoms with Crippen LogP contribution in [0, 0.1) is 13.8 Å². The number of anilines is 1. The maximum atomic E-state index is 11.2. The molecule has 1 amide bonds. The first-order valence-corrected chi connectivity index (χ1v) is 6.81. The van der Waals surface area contributed by atoms with Gasteiger partial charge in [-0.05, 0) is 55.3 Å². The van der Waals surface area contributed by atoms with Gasteiger partial charge in [-0.2, -0.15) is 0 Å². The zero-order valence-corrected chi connectivity index (χ0v) is 12.8. The van der Waals surface area contributed by atoms with E-state index in [1.54, 1.807) is 24.3 Å². The molecule has 0 fully saturated rings. The van der Waals surface area contributed by atoms with Crippen LogP contribution in [0.5, 0.6) is 11.5 Å². The van der Waals surface area contributed by atoms with Crippen molar-refractivity contribution in [2.75, 3.05) is 5.73 Å². The van der Waals surface area contributed by atoms with E-state index in [9.17, 15) is 4.79 Å². The second kappa shape index (κ2) is 5.54. The lowest BCUT2D eigenvalue weighted by molar-refractivity contribution is 0.1000. The summed E-state index contributed by atoms with van der Waals surface area (Å²) in [5.41, 5.74) is 13.9. The molecule has 0 aliphatic carbocycles. The van der Waals surface area contributed by atoms with Crippen molar-refractivity contribution in [2.24, 2.45) is 5.73 Å². The predicted octanol–water partition coefficient (Wildman–Crippen LogP) is 3.54. The largest absolute Gasteiger partial charge is 0.455 e. The van der Waals surface area contributed by atoms with Crippen LogP contribution in [0.2, 0.25) is 0 Å². The standard InChI is InChI=1S/C15H15BrN2O2/c1-8-5-10(15(18)19)6-9(2)14(8)20-13-7-11(16)3-4-12(13)17/h3-7H,17H2,1-2H3,(H2,18,19). The summed E-state index contributed by atoms with van der Waals surface area (Å²) in [5.74, 6) is 0.793. The minimum Gasteiger partial charge on any atom is -0.455 e. The van der Waals surface area contributed by atoms with Crippen molar-refractivity contribution in [2.45, 2.75) is 13.8 Å². The Labute approximate surface area is 125 Å². The van der Waals surface area contributed by atoms with Crippen LogP contribution in [-0.4, -0.2) is 5.91 Å². The Hall–Kier alpha value is -2.01. The summed E-state index contributed by atoms with van der Waals surface area (Å²) in [6.45, 7) is 3.73. The van der Waals surface area contributed by atoms with Gasteiger partial charge in [0.25, 0.3) is 0 Å². The Morgan fingerprint density at radius 3 is 2.30 bits per heavy atom. The van der Waals surface area contributed by atoms with Crippen LogP contribution in [-0.2, 0) is 0 Å². The van der Waals surface area contributed by atoms with Gasteiger partial charge >= 0.3 is 0 Å². The summed E-state index contributed by atoms with van der Waals surface area (Å²) in [6.07, 6.45) is 0. The zero-order chi connectivity index (χ0) is 14.9. The number of benzene rings is 2. The van der Waals surface area contributed by atoms with Crippen LogP contribution in [0.1, 0.15) is 21.5 Å². The molecule has 0 saturated carbocycles. The van der Waals surface area contributed by atoms with Crippen LogP contribution < -0.4 is 16.2 Å². The molecule has 0 unspecified atom stereocenters. The minimum atomic E-state index is -0.454. The molecule has 0 aliphatic heterocycles. The number of nitrogen functional groups attached to an aromatic ring is 1. The summed E-state index contributed by atoms with van der Waals surface area (Å²) in [6, 6.07) is 8.83. The second-order valence-electron chi connectivity index (χ2n) is 4.59. The third-order valence-electron chi connectivity index (χ3n) is 2.93. The molecular formula is C15H15BrN2O2. The van der Waals surface area contributed by atoms with Crippen LogP contribution in [0.3, 0.4) is 0 Å². The summed E-state index contributed by atoms with van der Waals surface area (Å²) in [7, 11) is 0. The molecule has 104 valence electrons. The molecule has 5 heteroatoms. The number of carbonyl (C=O) groups is 1. The van der Waals surface area contributed by atoms with Crippen molar-refractivity contribution >= 4 is 27.5 Å². The lowest BCUT2D eigenvalue weighted by Crippen LogP contribution is -2.11. The molecule has 0 saturated heterocycles. The van der Waals surface area contributed by atoms with Gasteiger partial charge in [0.1, 0.15) is 5.75 Å². The molecule has 0 aliphatic rings. The van der Waals surface area contributed by atoms with E-state index in [1.807, 2.05) is 19.9 Å². The smallest absolute Gasteiger partial charge is 0.248 e. The number of nitrogens with two attached hydrogens (primary N) is 2. The number of ether oxygens (including phenoxy) is 1. The van der Waals surface area contributed by atoms with Gasteiger partial charge in [0.2, 0.25) is 5.91 Å². The molecule has 20 heavy (non-hydrogen) atoms. The SMILES string of the molecule is Cc1cc(C(N)=O)cc(C)c1Oc1cc(Br)ccc1N. The van der Waals surface area contributed by atoms with Gasteiger partial charge in [-0.15, -0.1) is 0 Å². The molecule has 0 atom stereocenters. The van der Waals surface area contributed by atoms with E-state index < -0.39 is 5.91 Å². The Morgan fingerprint density at radius 2 is 1.75 bits per heavy atom. The van der Waals surface area contributed by atoms with E-state index >= 15 is 0 Å². The third kappa shape index (κ3) is 2.93. The highest BCUT2D eigenvalue weighted by atomic mass is 79.9. The first-order chi connectivity index (χ1) is 9.38. The monoisotopic (exact) mass is 334 g/mol. The average molecular weight is 335 g/mol. The molecule has 4 N–H and O–H groups in total. The number of aryl methyl sites for hydroxylation is 2.